The third-order valence-corrected chi connectivity index (χ3v) is 5.75. The molecule has 2 aliphatic rings. The Balaban J connectivity index is 1.38. The second kappa shape index (κ2) is 9.86. The zero-order valence-corrected chi connectivity index (χ0v) is 17.9. The van der Waals surface area contributed by atoms with Gasteiger partial charge in [0.25, 0.3) is 0 Å². The van der Waals surface area contributed by atoms with Crippen molar-refractivity contribution in [3.05, 3.63) is 53.8 Å². The van der Waals surface area contributed by atoms with Gasteiger partial charge in [-0.2, -0.15) is 0 Å². The van der Waals surface area contributed by atoms with Crippen LogP contribution in [0.5, 0.6) is 0 Å². The van der Waals surface area contributed by atoms with Crippen molar-refractivity contribution in [2.24, 2.45) is 5.73 Å². The molecule has 9 heteroatoms. The molecule has 2 fully saturated rings. The van der Waals surface area contributed by atoms with Crippen molar-refractivity contribution in [2.75, 3.05) is 54.4 Å². The number of carbonyl (C=O) groups is 2. The molecule has 0 radical (unpaired) electrons. The highest BCUT2D eigenvalue weighted by Crippen LogP contribution is 2.28. The average Bonchev–Trinajstić information content (AvgIpc) is 3.17. The monoisotopic (exact) mass is 441 g/mol. The van der Waals surface area contributed by atoms with Gasteiger partial charge in [0, 0.05) is 38.3 Å². The molecule has 8 nitrogen and oxygen atoms in total. The quantitative estimate of drug-likeness (QED) is 0.580. The predicted molar refractivity (Wildman–Crippen MR) is 122 cm³/mol. The van der Waals surface area contributed by atoms with Crippen molar-refractivity contribution in [1.82, 2.24) is 5.32 Å². The van der Waals surface area contributed by atoms with Crippen LogP contribution in [-0.2, 0) is 16.0 Å². The van der Waals surface area contributed by atoms with E-state index in [1.165, 1.54) is 11.0 Å². The third-order valence-electron chi connectivity index (χ3n) is 5.75. The number of carbonyl (C=O) groups excluding carboxylic acids is 2. The minimum Gasteiger partial charge on any atom is -0.442 e. The maximum Gasteiger partial charge on any atom is 0.414 e. The standard InChI is InChI=1S/C23H28FN5O3/c24-19-13-17(6-7-21(19)28-11-9-26-10-12-28)29-15-18(32-23(29)31)14-27-20-4-2-1-3-16(20)5-8-22(25)30/h1-4,6-7,13,18,26-27H,5,8-12,14-15H2,(H2,25,30). The summed E-state index contributed by atoms with van der Waals surface area (Å²) in [5.74, 6) is -0.697. The van der Waals surface area contributed by atoms with Crippen LogP contribution < -0.4 is 26.2 Å². The van der Waals surface area contributed by atoms with E-state index in [0.717, 1.165) is 37.4 Å². The van der Waals surface area contributed by atoms with Crippen molar-refractivity contribution in [1.29, 1.82) is 0 Å². The molecule has 0 spiro atoms. The number of primary amides is 1. The molecular weight excluding hydrogens is 413 g/mol. The van der Waals surface area contributed by atoms with Crippen molar-refractivity contribution >= 4 is 29.1 Å². The molecule has 0 aliphatic carbocycles. The van der Waals surface area contributed by atoms with E-state index in [1.807, 2.05) is 29.2 Å². The van der Waals surface area contributed by atoms with E-state index in [4.69, 9.17) is 10.5 Å². The molecule has 0 bridgehead atoms. The molecule has 1 atom stereocenters. The van der Waals surface area contributed by atoms with E-state index >= 15 is 0 Å². The number of rotatable bonds is 8. The molecule has 2 aromatic rings. The van der Waals surface area contributed by atoms with Crippen molar-refractivity contribution in [2.45, 2.75) is 18.9 Å². The molecule has 4 N–H and O–H groups in total. The topological polar surface area (TPSA) is 99.9 Å². The minimum absolute atomic E-state index is 0.264. The Morgan fingerprint density at radius 1 is 1.22 bits per heavy atom. The van der Waals surface area contributed by atoms with E-state index in [9.17, 15) is 14.0 Å². The van der Waals surface area contributed by atoms with Crippen LogP contribution in [0.1, 0.15) is 12.0 Å². The van der Waals surface area contributed by atoms with Gasteiger partial charge in [0.2, 0.25) is 5.91 Å². The number of nitrogens with one attached hydrogen (secondary N) is 2. The maximum atomic E-state index is 14.8. The Hall–Kier alpha value is -3.33. The first-order valence-electron chi connectivity index (χ1n) is 10.8. The molecule has 2 saturated heterocycles. The summed E-state index contributed by atoms with van der Waals surface area (Å²) in [5, 5.41) is 6.54. The predicted octanol–water partition coefficient (Wildman–Crippen LogP) is 2.09. The molecule has 2 heterocycles. The number of hydrogen-bond acceptors (Lipinski definition) is 6. The molecule has 2 aliphatic heterocycles. The summed E-state index contributed by atoms with van der Waals surface area (Å²) >= 11 is 0. The zero-order valence-electron chi connectivity index (χ0n) is 17.9. The van der Waals surface area contributed by atoms with Gasteiger partial charge in [-0.3, -0.25) is 9.69 Å². The number of amides is 2. The Bertz CT molecular complexity index is 980. The van der Waals surface area contributed by atoms with E-state index < -0.39 is 6.09 Å². The largest absolute Gasteiger partial charge is 0.442 e. The number of ether oxygens (including phenoxy) is 1. The molecule has 0 aromatic heterocycles. The van der Waals surface area contributed by atoms with E-state index in [2.05, 4.69) is 10.6 Å². The molecule has 0 saturated carbocycles. The van der Waals surface area contributed by atoms with Crippen molar-refractivity contribution < 1.29 is 18.7 Å². The zero-order chi connectivity index (χ0) is 22.5. The highest BCUT2D eigenvalue weighted by molar-refractivity contribution is 5.90. The lowest BCUT2D eigenvalue weighted by Crippen LogP contribution is -2.43. The number of halogens is 1. The fourth-order valence-corrected chi connectivity index (χ4v) is 4.06. The molecule has 4 rings (SSSR count). The summed E-state index contributed by atoms with van der Waals surface area (Å²) in [6, 6.07) is 12.5. The van der Waals surface area contributed by atoms with Crippen LogP contribution in [-0.4, -0.2) is 57.4 Å². The third kappa shape index (κ3) is 5.11. The van der Waals surface area contributed by atoms with Crippen molar-refractivity contribution in [3.63, 3.8) is 0 Å². The number of cyclic esters (lactones) is 1. The number of benzene rings is 2. The number of aryl methyl sites for hydroxylation is 1. The fourth-order valence-electron chi connectivity index (χ4n) is 4.06. The van der Waals surface area contributed by atoms with Gasteiger partial charge in [-0.1, -0.05) is 18.2 Å². The van der Waals surface area contributed by atoms with Gasteiger partial charge >= 0.3 is 6.09 Å². The van der Waals surface area contributed by atoms with Crippen LogP contribution >= 0.6 is 0 Å². The first kappa shape index (κ1) is 21.9. The number of nitrogens with zero attached hydrogens (tertiary/aromatic N) is 2. The Morgan fingerprint density at radius 3 is 2.75 bits per heavy atom. The lowest BCUT2D eigenvalue weighted by molar-refractivity contribution is -0.117. The van der Waals surface area contributed by atoms with Gasteiger partial charge in [-0.05, 0) is 36.2 Å². The second-order valence-electron chi connectivity index (χ2n) is 7.99. The molecule has 2 aromatic carbocycles. The number of nitrogens with two attached hydrogens (primary N) is 1. The second-order valence-corrected chi connectivity index (χ2v) is 7.99. The van der Waals surface area contributed by atoms with Crippen LogP contribution in [0, 0.1) is 5.82 Å². The fraction of sp³-hybridized carbons (Fsp3) is 0.391. The summed E-state index contributed by atoms with van der Waals surface area (Å²) in [6.45, 7) is 3.85. The molecular formula is C23H28FN5O3. The Labute approximate surface area is 186 Å². The Kier molecular flexibility index (Phi) is 6.75. The first-order valence-corrected chi connectivity index (χ1v) is 10.8. The van der Waals surface area contributed by atoms with Gasteiger partial charge in [0.05, 0.1) is 24.5 Å². The summed E-state index contributed by atoms with van der Waals surface area (Å²) < 4.78 is 20.3. The van der Waals surface area contributed by atoms with Crippen LogP contribution in [0.25, 0.3) is 0 Å². The lowest BCUT2D eigenvalue weighted by atomic mass is 10.1. The number of anilines is 3. The Morgan fingerprint density at radius 2 is 2.00 bits per heavy atom. The summed E-state index contributed by atoms with van der Waals surface area (Å²) in [7, 11) is 0. The number of hydrogen-bond donors (Lipinski definition) is 3. The van der Waals surface area contributed by atoms with Gasteiger partial charge in [-0.15, -0.1) is 0 Å². The van der Waals surface area contributed by atoms with Crippen LogP contribution in [0.2, 0.25) is 0 Å². The molecule has 32 heavy (non-hydrogen) atoms. The lowest BCUT2D eigenvalue weighted by Gasteiger charge is -2.30. The minimum atomic E-state index is -0.492. The number of para-hydroxylation sites is 1. The van der Waals surface area contributed by atoms with Gasteiger partial charge in [0.1, 0.15) is 11.9 Å². The van der Waals surface area contributed by atoms with Crippen LogP contribution in [0.3, 0.4) is 0 Å². The van der Waals surface area contributed by atoms with E-state index in [0.29, 0.717) is 30.9 Å². The normalized spacial score (nSPS) is 18.5. The highest BCUT2D eigenvalue weighted by Gasteiger charge is 2.33. The highest BCUT2D eigenvalue weighted by atomic mass is 19.1. The van der Waals surface area contributed by atoms with Gasteiger partial charge in [-0.25, -0.2) is 9.18 Å². The van der Waals surface area contributed by atoms with Crippen LogP contribution in [0.15, 0.2) is 42.5 Å². The summed E-state index contributed by atoms with van der Waals surface area (Å²) in [5.41, 5.74) is 8.13. The van der Waals surface area contributed by atoms with Crippen LogP contribution in [0.4, 0.5) is 26.2 Å². The van der Waals surface area contributed by atoms with Gasteiger partial charge < -0.3 is 26.0 Å². The smallest absolute Gasteiger partial charge is 0.414 e. The van der Waals surface area contributed by atoms with E-state index in [-0.39, 0.29) is 24.2 Å². The molecule has 170 valence electrons. The first-order chi connectivity index (χ1) is 15.5. The SMILES string of the molecule is NC(=O)CCc1ccccc1NCC1CN(c2ccc(N3CCNCC3)c(F)c2)C(=O)O1. The van der Waals surface area contributed by atoms with Gasteiger partial charge in [0.15, 0.2) is 0 Å². The molecule has 2 amide bonds. The summed E-state index contributed by atoms with van der Waals surface area (Å²) in [6.07, 6.45) is -0.0792. The average molecular weight is 442 g/mol. The number of piperazine rings is 1. The maximum absolute atomic E-state index is 14.8. The van der Waals surface area contributed by atoms with Crippen molar-refractivity contribution in [3.8, 4) is 0 Å². The van der Waals surface area contributed by atoms with E-state index in [1.54, 1.807) is 12.1 Å². The molecule has 1 unspecified atom stereocenters. The summed E-state index contributed by atoms with van der Waals surface area (Å²) in [4.78, 5) is 27.0.